The highest BCUT2D eigenvalue weighted by Crippen LogP contribution is 2.50. The summed E-state index contributed by atoms with van der Waals surface area (Å²) in [5.74, 6) is 0. The van der Waals surface area contributed by atoms with Crippen LogP contribution in [0.25, 0.3) is 42.7 Å². The molecular formula is C38H28N2S. The summed E-state index contributed by atoms with van der Waals surface area (Å²) >= 11 is 1.74. The maximum atomic E-state index is 5.06. The molecule has 0 saturated heterocycles. The third kappa shape index (κ3) is 3.88. The molecule has 0 radical (unpaired) electrons. The molecule has 1 aromatic heterocycles. The van der Waals surface area contributed by atoms with E-state index in [1.165, 1.54) is 37.7 Å². The SMILES string of the molecule is CC1(C)c2ccccc2-c2ccc(N(c3ccc4ccccc4c3)c3ccc4sc(-c5ccccc5)nc4c3)cc21. The molecule has 41 heavy (non-hydrogen) atoms. The first-order valence-corrected chi connectivity index (χ1v) is 14.9. The highest BCUT2D eigenvalue weighted by atomic mass is 32.1. The zero-order valence-corrected chi connectivity index (χ0v) is 23.8. The lowest BCUT2D eigenvalue weighted by atomic mass is 9.82. The van der Waals surface area contributed by atoms with Crippen molar-refractivity contribution < 1.29 is 0 Å². The fraction of sp³-hybridized carbons (Fsp3) is 0.0789. The van der Waals surface area contributed by atoms with Gasteiger partial charge in [0.15, 0.2) is 0 Å². The van der Waals surface area contributed by atoms with Crippen LogP contribution in [0.15, 0.2) is 133 Å². The van der Waals surface area contributed by atoms with Gasteiger partial charge in [0, 0.05) is 28.0 Å². The van der Waals surface area contributed by atoms with E-state index in [4.69, 9.17) is 4.98 Å². The Morgan fingerprint density at radius 3 is 2.10 bits per heavy atom. The fourth-order valence-electron chi connectivity index (χ4n) is 6.35. The number of thiazole rings is 1. The summed E-state index contributed by atoms with van der Waals surface area (Å²) in [5, 5.41) is 3.52. The van der Waals surface area contributed by atoms with Gasteiger partial charge in [-0.1, -0.05) is 105 Å². The Morgan fingerprint density at radius 1 is 0.561 bits per heavy atom. The van der Waals surface area contributed by atoms with Gasteiger partial charge in [0.05, 0.1) is 10.2 Å². The first-order valence-electron chi connectivity index (χ1n) is 14.1. The van der Waals surface area contributed by atoms with Gasteiger partial charge in [0.25, 0.3) is 0 Å². The summed E-state index contributed by atoms with van der Waals surface area (Å²) in [6.45, 7) is 4.68. The largest absolute Gasteiger partial charge is 0.310 e. The lowest BCUT2D eigenvalue weighted by Crippen LogP contribution is -2.16. The van der Waals surface area contributed by atoms with Crippen molar-refractivity contribution in [2.24, 2.45) is 0 Å². The van der Waals surface area contributed by atoms with E-state index in [0.29, 0.717) is 0 Å². The summed E-state index contributed by atoms with van der Waals surface area (Å²) in [7, 11) is 0. The molecule has 1 heterocycles. The van der Waals surface area contributed by atoms with Crippen molar-refractivity contribution in [2.75, 3.05) is 4.90 Å². The number of benzene rings is 6. The van der Waals surface area contributed by atoms with Crippen LogP contribution >= 0.6 is 11.3 Å². The Morgan fingerprint density at radius 2 is 1.22 bits per heavy atom. The van der Waals surface area contributed by atoms with Crippen LogP contribution in [0.4, 0.5) is 17.1 Å². The Balaban J connectivity index is 1.31. The van der Waals surface area contributed by atoms with Gasteiger partial charge in [-0.25, -0.2) is 4.98 Å². The first kappa shape index (κ1) is 24.1. The Bertz CT molecular complexity index is 2090. The van der Waals surface area contributed by atoms with Crippen molar-refractivity contribution in [1.29, 1.82) is 0 Å². The molecule has 196 valence electrons. The minimum Gasteiger partial charge on any atom is -0.310 e. The third-order valence-electron chi connectivity index (χ3n) is 8.47. The standard InChI is InChI=1S/C38H28N2S/c1-38(2)33-15-9-8-14-31(33)32-20-18-29(23-34(32)38)40(28-17-16-25-10-6-7-13-27(25)22-28)30-19-21-36-35(24-30)39-37(41-36)26-11-4-3-5-12-26/h3-24H,1-2H3. The molecule has 0 saturated carbocycles. The van der Waals surface area contributed by atoms with Crippen LogP contribution in [0.1, 0.15) is 25.0 Å². The summed E-state index contributed by atoms with van der Waals surface area (Å²) in [5.41, 5.74) is 10.9. The van der Waals surface area contributed by atoms with E-state index in [9.17, 15) is 0 Å². The Hall–Kier alpha value is -4.73. The molecule has 0 fully saturated rings. The number of anilines is 3. The predicted molar refractivity (Wildman–Crippen MR) is 175 cm³/mol. The van der Waals surface area contributed by atoms with E-state index in [2.05, 4.69) is 146 Å². The van der Waals surface area contributed by atoms with Gasteiger partial charge >= 0.3 is 0 Å². The molecule has 1 aliphatic rings. The molecule has 0 unspecified atom stereocenters. The quantitative estimate of drug-likeness (QED) is 0.219. The van der Waals surface area contributed by atoms with Crippen molar-refractivity contribution in [2.45, 2.75) is 19.3 Å². The van der Waals surface area contributed by atoms with E-state index in [-0.39, 0.29) is 5.41 Å². The second-order valence-corrected chi connectivity index (χ2v) is 12.3. The van der Waals surface area contributed by atoms with Gasteiger partial charge in [-0.2, -0.15) is 0 Å². The summed E-state index contributed by atoms with van der Waals surface area (Å²) < 4.78 is 1.19. The summed E-state index contributed by atoms with van der Waals surface area (Å²) in [6, 6.07) is 48.3. The average molecular weight is 545 g/mol. The lowest BCUT2D eigenvalue weighted by Gasteiger charge is -2.28. The van der Waals surface area contributed by atoms with Crippen molar-refractivity contribution in [3.63, 3.8) is 0 Å². The van der Waals surface area contributed by atoms with Crippen LogP contribution in [-0.2, 0) is 5.41 Å². The van der Waals surface area contributed by atoms with Crippen LogP contribution < -0.4 is 4.90 Å². The van der Waals surface area contributed by atoms with Crippen LogP contribution in [0, 0.1) is 0 Å². The second kappa shape index (κ2) is 9.15. The monoisotopic (exact) mass is 544 g/mol. The zero-order valence-electron chi connectivity index (χ0n) is 23.0. The predicted octanol–water partition coefficient (Wildman–Crippen LogP) is 10.9. The molecule has 8 rings (SSSR count). The number of hydrogen-bond donors (Lipinski definition) is 0. The van der Waals surface area contributed by atoms with Crippen LogP contribution in [0.3, 0.4) is 0 Å². The first-order chi connectivity index (χ1) is 20.1. The van der Waals surface area contributed by atoms with E-state index in [0.717, 1.165) is 33.1 Å². The maximum Gasteiger partial charge on any atom is 0.124 e. The van der Waals surface area contributed by atoms with E-state index >= 15 is 0 Å². The van der Waals surface area contributed by atoms with Gasteiger partial charge in [0.2, 0.25) is 0 Å². The average Bonchev–Trinajstić information content (AvgIpc) is 3.54. The summed E-state index contributed by atoms with van der Waals surface area (Å²) in [6.07, 6.45) is 0. The van der Waals surface area contributed by atoms with E-state index in [1.54, 1.807) is 11.3 Å². The van der Waals surface area contributed by atoms with Gasteiger partial charge in [-0.05, 0) is 75.5 Å². The van der Waals surface area contributed by atoms with Gasteiger partial charge in [-0.15, -0.1) is 11.3 Å². The van der Waals surface area contributed by atoms with Crippen molar-refractivity contribution in [3.05, 3.63) is 145 Å². The van der Waals surface area contributed by atoms with E-state index in [1.807, 2.05) is 6.07 Å². The van der Waals surface area contributed by atoms with Gasteiger partial charge < -0.3 is 4.90 Å². The highest BCUT2D eigenvalue weighted by molar-refractivity contribution is 7.21. The number of hydrogen-bond acceptors (Lipinski definition) is 3. The second-order valence-electron chi connectivity index (χ2n) is 11.3. The number of aromatic nitrogens is 1. The third-order valence-corrected chi connectivity index (χ3v) is 9.55. The maximum absolute atomic E-state index is 5.06. The molecular weight excluding hydrogens is 516 g/mol. The molecule has 2 nitrogen and oxygen atoms in total. The number of rotatable bonds is 4. The molecule has 0 bridgehead atoms. The molecule has 0 N–H and O–H groups in total. The van der Waals surface area contributed by atoms with E-state index < -0.39 is 0 Å². The van der Waals surface area contributed by atoms with Crippen molar-refractivity contribution in [1.82, 2.24) is 4.98 Å². The number of fused-ring (bicyclic) bond motifs is 5. The normalized spacial score (nSPS) is 13.3. The minimum absolute atomic E-state index is 0.0690. The molecule has 1 aliphatic carbocycles. The zero-order chi connectivity index (χ0) is 27.6. The summed E-state index contributed by atoms with van der Waals surface area (Å²) in [4.78, 5) is 7.44. The van der Waals surface area contributed by atoms with Crippen LogP contribution in [0.5, 0.6) is 0 Å². The number of nitrogens with zero attached hydrogens (tertiary/aromatic N) is 2. The van der Waals surface area contributed by atoms with Crippen LogP contribution in [-0.4, -0.2) is 4.98 Å². The van der Waals surface area contributed by atoms with Crippen molar-refractivity contribution >= 4 is 49.4 Å². The molecule has 3 heteroatoms. The molecule has 0 amide bonds. The fourth-order valence-corrected chi connectivity index (χ4v) is 7.30. The molecule has 6 aromatic carbocycles. The minimum atomic E-state index is -0.0690. The van der Waals surface area contributed by atoms with Gasteiger partial charge in [0.1, 0.15) is 5.01 Å². The van der Waals surface area contributed by atoms with Crippen LogP contribution in [0.2, 0.25) is 0 Å². The molecule has 0 atom stereocenters. The Labute approximate surface area is 244 Å². The van der Waals surface area contributed by atoms with Gasteiger partial charge in [-0.3, -0.25) is 0 Å². The highest BCUT2D eigenvalue weighted by Gasteiger charge is 2.35. The molecule has 0 spiro atoms. The molecule has 0 aliphatic heterocycles. The Kier molecular flexibility index (Phi) is 5.38. The lowest BCUT2D eigenvalue weighted by molar-refractivity contribution is 0.660. The van der Waals surface area contributed by atoms with Crippen molar-refractivity contribution in [3.8, 4) is 21.7 Å². The topological polar surface area (TPSA) is 16.1 Å². The smallest absolute Gasteiger partial charge is 0.124 e. The molecule has 7 aromatic rings.